The first-order valence-corrected chi connectivity index (χ1v) is 7.20. The molecule has 19 heavy (non-hydrogen) atoms. The maximum atomic E-state index is 14.3. The number of alkyl halides is 1. The molecule has 0 aromatic heterocycles. The first-order chi connectivity index (χ1) is 8.87. The molecule has 2 saturated carbocycles. The second-order valence-electron chi connectivity index (χ2n) is 5.92. The Morgan fingerprint density at radius 2 is 1.79 bits per heavy atom. The average molecular weight is 306 g/mol. The van der Waals surface area contributed by atoms with Crippen molar-refractivity contribution in [2.75, 3.05) is 0 Å². The fourth-order valence-corrected chi connectivity index (χ4v) is 4.17. The maximum absolute atomic E-state index is 14.3. The lowest BCUT2D eigenvalue weighted by molar-refractivity contribution is 0.175. The molecule has 2 bridgehead atoms. The molecule has 0 spiro atoms. The van der Waals surface area contributed by atoms with E-state index in [9.17, 15) is 8.78 Å². The van der Waals surface area contributed by atoms with Gasteiger partial charge >= 0.3 is 0 Å². The van der Waals surface area contributed by atoms with E-state index in [0.717, 1.165) is 0 Å². The third-order valence-corrected chi connectivity index (χ3v) is 5.68. The second kappa shape index (κ2) is 4.31. The largest absolute Gasteiger partial charge is 0.323 e. The Morgan fingerprint density at radius 1 is 1.16 bits per heavy atom. The Balaban J connectivity index is 2.02. The van der Waals surface area contributed by atoms with E-state index in [-0.39, 0.29) is 21.0 Å². The van der Waals surface area contributed by atoms with Crippen LogP contribution in [0.4, 0.5) is 8.78 Å². The molecular weight excluding hydrogens is 291 g/mol. The highest BCUT2D eigenvalue weighted by Crippen LogP contribution is 2.63. The number of fused-ring (bicyclic) bond motifs is 2. The van der Waals surface area contributed by atoms with Gasteiger partial charge in [0.05, 0.1) is 10.0 Å². The number of hydrogen-bond donors (Lipinski definition) is 1. The van der Waals surface area contributed by atoms with Crippen LogP contribution in [0.5, 0.6) is 0 Å². The van der Waals surface area contributed by atoms with Gasteiger partial charge in [0.1, 0.15) is 11.5 Å². The van der Waals surface area contributed by atoms with Gasteiger partial charge in [-0.3, -0.25) is 0 Å². The fourth-order valence-electron chi connectivity index (χ4n) is 3.74. The smallest absolute Gasteiger partial charge is 0.129 e. The van der Waals surface area contributed by atoms with Crippen LogP contribution >= 0.6 is 23.2 Å². The molecule has 3 rings (SSSR count). The van der Waals surface area contributed by atoms with Gasteiger partial charge in [0.2, 0.25) is 0 Å². The van der Waals surface area contributed by atoms with Crippen LogP contribution in [0.15, 0.2) is 12.1 Å². The van der Waals surface area contributed by atoms with Crippen LogP contribution in [0.3, 0.4) is 0 Å². The van der Waals surface area contributed by atoms with Crippen LogP contribution in [0.1, 0.15) is 43.7 Å². The summed E-state index contributed by atoms with van der Waals surface area (Å²) in [6.45, 7) is 0. The van der Waals surface area contributed by atoms with Crippen LogP contribution in [-0.4, -0.2) is 5.67 Å². The Kier molecular flexibility index (Phi) is 3.08. The first kappa shape index (κ1) is 13.6. The summed E-state index contributed by atoms with van der Waals surface area (Å²) in [4.78, 5) is 0. The van der Waals surface area contributed by atoms with E-state index in [2.05, 4.69) is 0 Å². The number of halogens is 4. The Hall–Kier alpha value is -0.380. The average Bonchev–Trinajstić information content (AvgIpc) is 2.89. The monoisotopic (exact) mass is 305 g/mol. The molecule has 1 aromatic carbocycles. The maximum Gasteiger partial charge on any atom is 0.129 e. The normalized spacial score (nSPS) is 34.8. The number of hydrogen-bond acceptors (Lipinski definition) is 1. The van der Waals surface area contributed by atoms with Crippen LogP contribution < -0.4 is 5.73 Å². The molecule has 0 heterocycles. The molecule has 1 nitrogen and oxygen atoms in total. The molecule has 0 aliphatic heterocycles. The van der Waals surface area contributed by atoms with Crippen molar-refractivity contribution in [2.45, 2.75) is 43.8 Å². The molecule has 0 unspecified atom stereocenters. The molecule has 5 heteroatoms. The van der Waals surface area contributed by atoms with Gasteiger partial charge in [0.15, 0.2) is 0 Å². The van der Waals surface area contributed by atoms with Gasteiger partial charge < -0.3 is 5.73 Å². The van der Waals surface area contributed by atoms with Crippen LogP contribution in [-0.2, 0) is 0 Å². The molecule has 2 aliphatic carbocycles. The lowest BCUT2D eigenvalue weighted by atomic mass is 9.75. The minimum Gasteiger partial charge on any atom is -0.323 e. The van der Waals surface area contributed by atoms with E-state index in [1.54, 1.807) is 0 Å². The highest BCUT2D eigenvalue weighted by Gasteiger charge is 2.58. The Bertz CT molecular complexity index is 524. The molecule has 0 amide bonds. The summed E-state index contributed by atoms with van der Waals surface area (Å²) >= 11 is 12.0. The predicted molar refractivity (Wildman–Crippen MR) is 72.7 cm³/mol. The van der Waals surface area contributed by atoms with Crippen molar-refractivity contribution in [3.8, 4) is 0 Å². The molecule has 1 aromatic rings. The third kappa shape index (κ3) is 1.98. The summed E-state index contributed by atoms with van der Waals surface area (Å²) in [5, 5.41) is 0.444. The van der Waals surface area contributed by atoms with Gasteiger partial charge in [-0.1, -0.05) is 23.2 Å². The summed E-state index contributed by atoms with van der Waals surface area (Å²) in [7, 11) is 0. The van der Waals surface area contributed by atoms with E-state index in [4.69, 9.17) is 28.9 Å². The molecule has 2 aliphatic rings. The van der Waals surface area contributed by atoms with Crippen LogP contribution in [0.25, 0.3) is 0 Å². The lowest BCUT2D eigenvalue weighted by Gasteiger charge is -2.34. The van der Waals surface area contributed by atoms with Crippen LogP contribution in [0, 0.1) is 11.2 Å². The van der Waals surface area contributed by atoms with Gasteiger partial charge in [0, 0.05) is 11.6 Å². The molecule has 0 saturated heterocycles. The zero-order valence-corrected chi connectivity index (χ0v) is 11.9. The quantitative estimate of drug-likeness (QED) is 0.780. The van der Waals surface area contributed by atoms with E-state index >= 15 is 0 Å². The van der Waals surface area contributed by atoms with Crippen molar-refractivity contribution in [3.05, 3.63) is 33.6 Å². The second-order valence-corrected chi connectivity index (χ2v) is 6.71. The van der Waals surface area contributed by atoms with Gasteiger partial charge in [-0.2, -0.15) is 0 Å². The molecule has 0 radical (unpaired) electrons. The highest BCUT2D eigenvalue weighted by molar-refractivity contribution is 6.42. The van der Waals surface area contributed by atoms with E-state index in [1.165, 1.54) is 12.1 Å². The topological polar surface area (TPSA) is 26.0 Å². The van der Waals surface area contributed by atoms with Gasteiger partial charge in [-0.15, -0.1) is 0 Å². The minimum absolute atomic E-state index is 0.159. The van der Waals surface area contributed by atoms with Crippen molar-refractivity contribution in [3.63, 3.8) is 0 Å². The number of nitrogens with two attached hydrogens (primary N) is 1. The minimum atomic E-state index is -1.11. The van der Waals surface area contributed by atoms with Crippen molar-refractivity contribution in [1.29, 1.82) is 0 Å². The Labute approximate surface area is 121 Å². The molecule has 2 N–H and O–H groups in total. The summed E-state index contributed by atoms with van der Waals surface area (Å²) in [5.41, 5.74) is 5.01. The third-order valence-electron chi connectivity index (χ3n) is 4.86. The van der Waals surface area contributed by atoms with Crippen molar-refractivity contribution in [1.82, 2.24) is 0 Å². The van der Waals surface area contributed by atoms with Crippen molar-refractivity contribution >= 4 is 23.2 Å². The lowest BCUT2D eigenvalue weighted by Crippen LogP contribution is -2.32. The van der Waals surface area contributed by atoms with E-state index in [1.807, 2.05) is 0 Å². The Morgan fingerprint density at radius 3 is 2.32 bits per heavy atom. The SMILES string of the molecule is N[C@H](c1c(F)ccc(Cl)c1Cl)C12CCC(F)(CC1)C2. The zero-order chi connectivity index (χ0) is 13.8. The summed E-state index contributed by atoms with van der Waals surface area (Å²) in [6, 6.07) is 2.08. The number of rotatable bonds is 2. The van der Waals surface area contributed by atoms with Crippen molar-refractivity contribution in [2.24, 2.45) is 11.1 Å². The summed E-state index contributed by atoms with van der Waals surface area (Å²) < 4.78 is 28.3. The van der Waals surface area contributed by atoms with Gasteiger partial charge in [-0.05, 0) is 49.7 Å². The predicted octanol–water partition coefficient (Wildman–Crippen LogP) is 4.80. The van der Waals surface area contributed by atoms with Gasteiger partial charge in [0.25, 0.3) is 0 Å². The van der Waals surface area contributed by atoms with E-state index in [0.29, 0.717) is 32.1 Å². The highest BCUT2D eigenvalue weighted by atomic mass is 35.5. The van der Waals surface area contributed by atoms with Gasteiger partial charge in [-0.25, -0.2) is 8.78 Å². The summed E-state index contributed by atoms with van der Waals surface area (Å²) in [5.74, 6) is -0.459. The fraction of sp³-hybridized carbons (Fsp3) is 0.571. The number of benzene rings is 1. The van der Waals surface area contributed by atoms with Crippen molar-refractivity contribution < 1.29 is 8.78 Å². The zero-order valence-electron chi connectivity index (χ0n) is 10.4. The summed E-state index contributed by atoms with van der Waals surface area (Å²) in [6.07, 6.45) is 2.81. The molecular formula is C14H15Cl2F2N. The first-order valence-electron chi connectivity index (χ1n) is 6.45. The molecule has 1 atom stereocenters. The molecule has 104 valence electrons. The van der Waals surface area contributed by atoms with Crippen LogP contribution in [0.2, 0.25) is 10.0 Å². The molecule has 2 fully saturated rings. The standard InChI is InChI=1S/C14H15Cl2F2N/c15-8-1-2-9(17)10(11(8)16)12(19)13-3-5-14(18,7-13)6-4-13/h1-2,12H,3-7,19H2/t12-,13?,14?/m1/s1. The van der Waals surface area contributed by atoms with E-state index < -0.39 is 17.5 Å².